The molecule has 0 radical (unpaired) electrons. The van der Waals surface area contributed by atoms with E-state index in [1.807, 2.05) is 12.2 Å². The smallest absolute Gasteiger partial charge is 0.109 e. The molecule has 0 aromatic carbocycles. The van der Waals surface area contributed by atoms with E-state index in [-0.39, 0.29) is 24.8 Å². The molecule has 0 aromatic heterocycles. The summed E-state index contributed by atoms with van der Waals surface area (Å²) in [6.07, 6.45) is 8.53. The van der Waals surface area contributed by atoms with E-state index in [1.54, 1.807) is 12.4 Å². The van der Waals surface area contributed by atoms with Crippen LogP contribution in [0.25, 0.3) is 0 Å². The third-order valence-electron chi connectivity index (χ3n) is 0.741. The van der Waals surface area contributed by atoms with Gasteiger partial charge in [-0.25, -0.2) is 10.8 Å². The Hall–Kier alpha value is -0.510. The lowest BCUT2D eigenvalue weighted by atomic mass is 10.6. The average Bonchev–Trinajstić information content (AvgIpc) is 1.94. The summed E-state index contributed by atoms with van der Waals surface area (Å²) in [5.41, 5.74) is 0. The van der Waals surface area contributed by atoms with Crippen LogP contribution in [-0.4, -0.2) is 11.3 Å². The van der Waals surface area contributed by atoms with Crippen LogP contribution in [-0.2, 0) is 0 Å². The molecule has 0 fully saturated rings. The molecular weight excluding hydrogens is 173 g/mol. The minimum Gasteiger partial charge on any atom is -0.276 e. The summed E-state index contributed by atoms with van der Waals surface area (Å²) in [7, 11) is 0. The van der Waals surface area contributed by atoms with Crippen LogP contribution in [0, 0.1) is 0 Å². The monoisotopic (exact) mass is 181 g/mol. The second kappa shape index (κ2) is 6.61. The second-order valence-electron chi connectivity index (χ2n) is 1.39. The van der Waals surface area contributed by atoms with Crippen LogP contribution >= 0.6 is 24.8 Å². The summed E-state index contributed by atoms with van der Waals surface area (Å²) in [6, 6.07) is 0. The highest BCUT2D eigenvalue weighted by atomic mass is 35.5. The molecule has 58 valence electrons. The molecule has 0 spiro atoms. The third kappa shape index (κ3) is 4.38. The van der Waals surface area contributed by atoms with Gasteiger partial charge >= 0.3 is 0 Å². The van der Waals surface area contributed by atoms with E-state index in [4.69, 9.17) is 5.84 Å². The number of aliphatic imine (C=N–C) groups is 1. The molecule has 2 N–H and O–H groups in total. The maximum atomic E-state index is 5.29. The van der Waals surface area contributed by atoms with Crippen molar-refractivity contribution in [1.29, 1.82) is 0 Å². The fourth-order valence-corrected chi connectivity index (χ4v) is 0.402. The zero-order valence-electron chi connectivity index (χ0n) is 5.18. The van der Waals surface area contributed by atoms with Gasteiger partial charge in [-0.05, 0) is 12.2 Å². The zero-order valence-corrected chi connectivity index (χ0v) is 6.81. The van der Waals surface area contributed by atoms with E-state index in [9.17, 15) is 0 Å². The van der Waals surface area contributed by atoms with Gasteiger partial charge in [0.25, 0.3) is 0 Å². The van der Waals surface area contributed by atoms with Gasteiger partial charge in [0.05, 0.1) is 0 Å². The number of hydrogen-bond acceptors (Lipinski definition) is 3. The molecule has 0 unspecified atom stereocenters. The summed E-state index contributed by atoms with van der Waals surface area (Å²) >= 11 is 0. The van der Waals surface area contributed by atoms with Crippen molar-refractivity contribution in [3.05, 3.63) is 24.6 Å². The van der Waals surface area contributed by atoms with Crippen LogP contribution in [0.4, 0.5) is 0 Å². The molecule has 0 bridgehead atoms. The van der Waals surface area contributed by atoms with Crippen molar-refractivity contribution in [2.45, 2.75) is 0 Å². The van der Waals surface area contributed by atoms with Gasteiger partial charge in [0.2, 0.25) is 0 Å². The van der Waals surface area contributed by atoms with E-state index < -0.39 is 0 Å². The van der Waals surface area contributed by atoms with E-state index >= 15 is 0 Å². The fourth-order valence-electron chi connectivity index (χ4n) is 0.402. The molecule has 0 aliphatic carbocycles. The van der Waals surface area contributed by atoms with Crippen molar-refractivity contribution in [2.24, 2.45) is 10.8 Å². The van der Waals surface area contributed by atoms with E-state index in [2.05, 4.69) is 4.99 Å². The van der Waals surface area contributed by atoms with E-state index in [1.165, 1.54) is 11.3 Å². The van der Waals surface area contributed by atoms with Crippen molar-refractivity contribution >= 4 is 31.2 Å². The molecule has 0 amide bonds. The van der Waals surface area contributed by atoms with Gasteiger partial charge in [0.15, 0.2) is 0 Å². The minimum atomic E-state index is 0. The Morgan fingerprint density at radius 3 is 2.60 bits per heavy atom. The summed E-state index contributed by atoms with van der Waals surface area (Å²) in [5.74, 6) is 5.29. The number of rotatable bonds is 0. The molecule has 10 heavy (non-hydrogen) atoms. The van der Waals surface area contributed by atoms with Crippen LogP contribution in [0.1, 0.15) is 0 Å². The molecule has 0 saturated heterocycles. The molecular formula is C5H9Cl2N3. The molecule has 1 aliphatic rings. The van der Waals surface area contributed by atoms with Gasteiger partial charge < -0.3 is 0 Å². The van der Waals surface area contributed by atoms with Crippen LogP contribution < -0.4 is 5.84 Å². The van der Waals surface area contributed by atoms with Gasteiger partial charge in [-0.2, -0.15) is 0 Å². The largest absolute Gasteiger partial charge is 0.276 e. The fraction of sp³-hybridized carbons (Fsp3) is 0. The Labute approximate surface area is 72.1 Å². The molecule has 1 rings (SSSR count). The van der Waals surface area contributed by atoms with Crippen molar-refractivity contribution in [3.8, 4) is 0 Å². The molecule has 5 heteroatoms. The Morgan fingerprint density at radius 2 is 1.90 bits per heavy atom. The number of nitrogens with zero attached hydrogens (tertiary/aromatic N) is 2. The molecule has 0 saturated carbocycles. The molecule has 3 nitrogen and oxygen atoms in total. The molecule has 0 atom stereocenters. The topological polar surface area (TPSA) is 41.6 Å². The van der Waals surface area contributed by atoms with Gasteiger partial charge in [-0.1, -0.05) is 0 Å². The number of nitrogens with two attached hydrogens (primary N) is 1. The zero-order chi connectivity index (χ0) is 5.82. The first-order valence-corrected chi connectivity index (χ1v) is 2.29. The number of hydrogen-bond donors (Lipinski definition) is 1. The molecule has 1 heterocycles. The van der Waals surface area contributed by atoms with Crippen molar-refractivity contribution in [1.82, 2.24) is 5.01 Å². The summed E-state index contributed by atoms with van der Waals surface area (Å²) < 4.78 is 0. The molecule has 0 aromatic rings. The number of halogens is 2. The first-order chi connectivity index (χ1) is 3.89. The predicted octanol–water partition coefficient (Wildman–Crippen LogP) is 1.08. The van der Waals surface area contributed by atoms with Gasteiger partial charge in [0, 0.05) is 12.4 Å². The quantitative estimate of drug-likeness (QED) is 0.569. The lowest BCUT2D eigenvalue weighted by molar-refractivity contribution is 0.617. The standard InChI is InChI=1S/C5H7N3.2ClH/c6-8-4-2-1-3-7-5-8;;/h1-5H,6H2;2*1H. The maximum Gasteiger partial charge on any atom is 0.109 e. The Bertz CT molecular complexity index is 137. The highest BCUT2D eigenvalue weighted by molar-refractivity contribution is 5.85. The van der Waals surface area contributed by atoms with Crippen LogP contribution in [0.15, 0.2) is 29.5 Å². The Morgan fingerprint density at radius 1 is 1.20 bits per heavy atom. The van der Waals surface area contributed by atoms with Crippen molar-refractivity contribution in [3.63, 3.8) is 0 Å². The summed E-state index contributed by atoms with van der Waals surface area (Å²) in [4.78, 5) is 3.78. The molecule has 1 aliphatic heterocycles. The highest BCUT2D eigenvalue weighted by Gasteiger charge is 1.81. The third-order valence-corrected chi connectivity index (χ3v) is 0.741. The first-order valence-electron chi connectivity index (χ1n) is 2.29. The number of allylic oxidation sites excluding steroid dienone is 2. The van der Waals surface area contributed by atoms with Gasteiger partial charge in [-0.15, -0.1) is 24.8 Å². The number of hydrazine groups is 1. The van der Waals surface area contributed by atoms with Crippen molar-refractivity contribution < 1.29 is 0 Å². The van der Waals surface area contributed by atoms with Crippen LogP contribution in [0.2, 0.25) is 0 Å². The predicted molar refractivity (Wildman–Crippen MR) is 47.3 cm³/mol. The minimum absolute atomic E-state index is 0. The second-order valence-corrected chi connectivity index (χ2v) is 1.39. The Kier molecular flexibility index (Phi) is 8.06. The SMILES string of the molecule is Cl.Cl.NN1C=CC=CN=C1. The lowest BCUT2D eigenvalue weighted by Crippen LogP contribution is -2.21. The lowest BCUT2D eigenvalue weighted by Gasteiger charge is -2.00. The summed E-state index contributed by atoms with van der Waals surface area (Å²) in [5, 5.41) is 1.39. The van der Waals surface area contributed by atoms with Crippen LogP contribution in [0.3, 0.4) is 0 Å². The van der Waals surface area contributed by atoms with Crippen LogP contribution in [0.5, 0.6) is 0 Å². The maximum absolute atomic E-state index is 5.29. The Balaban J connectivity index is 0. The summed E-state index contributed by atoms with van der Waals surface area (Å²) in [6.45, 7) is 0. The van der Waals surface area contributed by atoms with Gasteiger partial charge in [0.1, 0.15) is 6.34 Å². The highest BCUT2D eigenvalue weighted by Crippen LogP contribution is 1.85. The van der Waals surface area contributed by atoms with E-state index in [0.29, 0.717) is 0 Å². The van der Waals surface area contributed by atoms with Crippen molar-refractivity contribution in [2.75, 3.05) is 0 Å². The van der Waals surface area contributed by atoms with Gasteiger partial charge in [-0.3, -0.25) is 5.01 Å². The normalized spacial score (nSPS) is 13.5. The average molecular weight is 182 g/mol. The first kappa shape index (κ1) is 12.2. The van der Waals surface area contributed by atoms with E-state index in [0.717, 1.165) is 0 Å².